The zero-order valence-corrected chi connectivity index (χ0v) is 11.9. The fourth-order valence-corrected chi connectivity index (χ4v) is 2.50. The van der Waals surface area contributed by atoms with E-state index in [1.807, 2.05) is 31.4 Å². The Morgan fingerprint density at radius 3 is 2.32 bits per heavy atom. The number of aryl methyl sites for hydroxylation is 1. The first-order valence-corrected chi connectivity index (χ1v) is 7.96. The van der Waals surface area contributed by atoms with E-state index in [1.54, 1.807) is 12.1 Å². The van der Waals surface area contributed by atoms with Gasteiger partial charge in [0, 0.05) is 38.3 Å². The van der Waals surface area contributed by atoms with Crippen molar-refractivity contribution in [1.82, 2.24) is 9.88 Å². The minimum atomic E-state index is -3.10. The van der Waals surface area contributed by atoms with Gasteiger partial charge in [0.25, 0.3) is 0 Å². The smallest absolute Gasteiger partial charge is 0.175 e. The van der Waals surface area contributed by atoms with Crippen LogP contribution in [0.5, 0.6) is 0 Å². The molecular weight excluding hydrogens is 260 g/mol. The van der Waals surface area contributed by atoms with Gasteiger partial charge in [-0.1, -0.05) is 12.1 Å². The van der Waals surface area contributed by atoms with Crippen LogP contribution >= 0.6 is 0 Å². The first kappa shape index (κ1) is 13.8. The molecule has 5 heteroatoms. The molecule has 0 amide bonds. The van der Waals surface area contributed by atoms with Crippen molar-refractivity contribution >= 4 is 9.84 Å². The quantitative estimate of drug-likeness (QED) is 0.906. The Hall–Kier alpha value is -1.59. The molecule has 0 unspecified atom stereocenters. The van der Waals surface area contributed by atoms with Crippen molar-refractivity contribution in [2.75, 3.05) is 6.26 Å². The van der Waals surface area contributed by atoms with Crippen molar-refractivity contribution in [3.63, 3.8) is 0 Å². The van der Waals surface area contributed by atoms with Crippen LogP contribution in [0.4, 0.5) is 0 Å². The van der Waals surface area contributed by atoms with Crippen molar-refractivity contribution in [1.29, 1.82) is 0 Å². The van der Waals surface area contributed by atoms with Crippen molar-refractivity contribution < 1.29 is 8.42 Å². The number of nitrogens with one attached hydrogen (secondary N) is 1. The van der Waals surface area contributed by atoms with Gasteiger partial charge in [0.2, 0.25) is 0 Å². The second kappa shape index (κ2) is 5.59. The molecule has 0 aliphatic heterocycles. The average Bonchev–Trinajstić information content (AvgIpc) is 2.75. The molecule has 2 aromatic rings. The van der Waals surface area contributed by atoms with Gasteiger partial charge in [-0.05, 0) is 29.8 Å². The van der Waals surface area contributed by atoms with Crippen LogP contribution in [0.25, 0.3) is 0 Å². The summed E-state index contributed by atoms with van der Waals surface area (Å²) in [5.74, 6) is 0. The summed E-state index contributed by atoms with van der Waals surface area (Å²) in [6, 6.07) is 11.1. The maximum Gasteiger partial charge on any atom is 0.175 e. The molecule has 0 spiro atoms. The number of sulfone groups is 1. The maximum atomic E-state index is 11.3. The van der Waals surface area contributed by atoms with Gasteiger partial charge in [-0.3, -0.25) is 0 Å². The number of hydrogen-bond acceptors (Lipinski definition) is 3. The van der Waals surface area contributed by atoms with Gasteiger partial charge in [-0.2, -0.15) is 0 Å². The van der Waals surface area contributed by atoms with Crippen LogP contribution in [-0.4, -0.2) is 19.2 Å². The van der Waals surface area contributed by atoms with Crippen LogP contribution in [0.15, 0.2) is 47.5 Å². The molecule has 19 heavy (non-hydrogen) atoms. The number of nitrogens with zero attached hydrogens (tertiary/aromatic N) is 1. The Morgan fingerprint density at radius 2 is 1.79 bits per heavy atom. The summed E-state index contributed by atoms with van der Waals surface area (Å²) in [6.45, 7) is 1.51. The van der Waals surface area contributed by atoms with Crippen LogP contribution in [-0.2, 0) is 30.0 Å². The van der Waals surface area contributed by atoms with Gasteiger partial charge in [-0.25, -0.2) is 8.42 Å². The van der Waals surface area contributed by atoms with Crippen LogP contribution in [0, 0.1) is 0 Å². The summed E-state index contributed by atoms with van der Waals surface area (Å²) in [6.07, 6.45) is 3.23. The zero-order valence-electron chi connectivity index (χ0n) is 11.1. The van der Waals surface area contributed by atoms with Crippen LogP contribution in [0.2, 0.25) is 0 Å². The normalized spacial score (nSPS) is 11.7. The maximum absolute atomic E-state index is 11.3. The Balaban J connectivity index is 1.92. The number of aromatic nitrogens is 1. The highest BCUT2D eigenvalue weighted by Gasteiger charge is 2.05. The van der Waals surface area contributed by atoms with Gasteiger partial charge >= 0.3 is 0 Å². The standard InChI is InChI=1S/C14H18N2O2S/c1-16-9-3-4-13(16)11-15-10-12-5-7-14(8-6-12)19(2,17)18/h3-9,15H,10-11H2,1-2H3. The van der Waals surface area contributed by atoms with Gasteiger partial charge in [0.15, 0.2) is 9.84 Å². The number of benzene rings is 1. The van der Waals surface area contributed by atoms with Crippen molar-refractivity contribution in [3.8, 4) is 0 Å². The molecule has 0 bridgehead atoms. The Kier molecular flexibility index (Phi) is 4.07. The van der Waals surface area contributed by atoms with E-state index in [1.165, 1.54) is 11.9 Å². The highest BCUT2D eigenvalue weighted by atomic mass is 32.2. The first-order valence-electron chi connectivity index (χ1n) is 6.07. The molecule has 0 atom stereocenters. The predicted molar refractivity (Wildman–Crippen MR) is 75.5 cm³/mol. The minimum Gasteiger partial charge on any atom is -0.353 e. The summed E-state index contributed by atoms with van der Waals surface area (Å²) in [4.78, 5) is 0.360. The molecule has 0 saturated heterocycles. The molecule has 4 nitrogen and oxygen atoms in total. The topological polar surface area (TPSA) is 51.1 Å². The molecule has 0 saturated carbocycles. The lowest BCUT2D eigenvalue weighted by molar-refractivity contribution is 0.601. The third-order valence-electron chi connectivity index (χ3n) is 3.04. The molecule has 2 rings (SSSR count). The molecule has 1 heterocycles. The van der Waals surface area contributed by atoms with Crippen molar-refractivity contribution in [2.45, 2.75) is 18.0 Å². The molecule has 102 valence electrons. The highest BCUT2D eigenvalue weighted by molar-refractivity contribution is 7.90. The molecule has 0 radical (unpaired) electrons. The molecule has 0 aliphatic rings. The van der Waals surface area contributed by atoms with E-state index in [9.17, 15) is 8.42 Å². The van der Waals surface area contributed by atoms with E-state index in [2.05, 4.69) is 16.0 Å². The van der Waals surface area contributed by atoms with Gasteiger partial charge in [-0.15, -0.1) is 0 Å². The number of hydrogen-bond donors (Lipinski definition) is 1. The fourth-order valence-electron chi connectivity index (χ4n) is 1.87. The van der Waals surface area contributed by atoms with Crippen LogP contribution in [0.3, 0.4) is 0 Å². The van der Waals surface area contributed by atoms with Gasteiger partial charge in [0.1, 0.15) is 0 Å². The fraction of sp³-hybridized carbons (Fsp3) is 0.286. The third kappa shape index (κ3) is 3.68. The summed E-state index contributed by atoms with van der Waals surface area (Å²) in [7, 11) is -1.09. The lowest BCUT2D eigenvalue weighted by Crippen LogP contribution is -2.14. The van der Waals surface area contributed by atoms with E-state index in [0.29, 0.717) is 4.90 Å². The van der Waals surface area contributed by atoms with Crippen molar-refractivity contribution in [2.24, 2.45) is 7.05 Å². The van der Waals surface area contributed by atoms with E-state index >= 15 is 0 Å². The monoisotopic (exact) mass is 278 g/mol. The van der Waals surface area contributed by atoms with E-state index in [0.717, 1.165) is 18.7 Å². The minimum absolute atomic E-state index is 0.360. The molecule has 1 N–H and O–H groups in total. The SMILES string of the molecule is Cn1cccc1CNCc1ccc(S(C)(=O)=O)cc1. The van der Waals surface area contributed by atoms with Crippen LogP contribution in [0.1, 0.15) is 11.3 Å². The van der Waals surface area contributed by atoms with Crippen molar-refractivity contribution in [3.05, 3.63) is 53.9 Å². The lowest BCUT2D eigenvalue weighted by Gasteiger charge is -2.07. The molecule has 1 aromatic carbocycles. The Bertz CT molecular complexity index is 642. The zero-order chi connectivity index (χ0) is 13.9. The predicted octanol–water partition coefficient (Wildman–Crippen LogP) is 1.72. The molecular formula is C14H18N2O2S. The van der Waals surface area contributed by atoms with E-state index in [-0.39, 0.29) is 0 Å². The Labute approximate surface area is 114 Å². The second-order valence-corrected chi connectivity index (χ2v) is 6.65. The van der Waals surface area contributed by atoms with E-state index < -0.39 is 9.84 Å². The second-order valence-electron chi connectivity index (χ2n) is 4.63. The van der Waals surface area contributed by atoms with Gasteiger partial charge < -0.3 is 9.88 Å². The average molecular weight is 278 g/mol. The lowest BCUT2D eigenvalue weighted by atomic mass is 10.2. The summed E-state index contributed by atoms with van der Waals surface area (Å²) >= 11 is 0. The molecule has 1 aromatic heterocycles. The van der Waals surface area contributed by atoms with Gasteiger partial charge in [0.05, 0.1) is 4.90 Å². The highest BCUT2D eigenvalue weighted by Crippen LogP contribution is 2.10. The summed E-state index contributed by atoms with van der Waals surface area (Å²) < 4.78 is 24.7. The largest absolute Gasteiger partial charge is 0.353 e. The molecule has 0 aliphatic carbocycles. The third-order valence-corrected chi connectivity index (χ3v) is 4.17. The molecule has 0 fully saturated rings. The van der Waals surface area contributed by atoms with E-state index in [4.69, 9.17) is 0 Å². The first-order chi connectivity index (χ1) is 8.97. The Morgan fingerprint density at radius 1 is 1.11 bits per heavy atom. The van der Waals surface area contributed by atoms with Crippen LogP contribution < -0.4 is 5.32 Å². The summed E-state index contributed by atoms with van der Waals surface area (Å²) in [5, 5.41) is 3.33. The number of rotatable bonds is 5. The summed E-state index contributed by atoms with van der Waals surface area (Å²) in [5.41, 5.74) is 2.29.